The lowest BCUT2D eigenvalue weighted by atomic mass is 9.79. The van der Waals surface area contributed by atoms with Crippen molar-refractivity contribution in [2.45, 2.75) is 58.4 Å². The normalized spacial score (nSPS) is 26.2. The van der Waals surface area contributed by atoms with E-state index in [1.165, 1.54) is 30.4 Å². The van der Waals surface area contributed by atoms with Crippen LogP contribution < -0.4 is 5.32 Å². The maximum Gasteiger partial charge on any atom is 0.228 e. The van der Waals surface area contributed by atoms with E-state index in [0.29, 0.717) is 30.8 Å². The van der Waals surface area contributed by atoms with E-state index in [4.69, 9.17) is 0 Å². The van der Waals surface area contributed by atoms with E-state index < -0.39 is 5.41 Å². The van der Waals surface area contributed by atoms with Crippen LogP contribution in [0.3, 0.4) is 0 Å². The summed E-state index contributed by atoms with van der Waals surface area (Å²) in [6.07, 6.45) is 6.18. The van der Waals surface area contributed by atoms with E-state index in [2.05, 4.69) is 46.4 Å². The summed E-state index contributed by atoms with van der Waals surface area (Å²) in [6, 6.07) is 10.8. The largest absolute Gasteiger partial charge is 0.353 e. The molecular formula is C26H32N2O2S. The van der Waals surface area contributed by atoms with Crippen LogP contribution in [0.5, 0.6) is 0 Å². The molecule has 1 aromatic heterocycles. The molecule has 5 rings (SSSR count). The monoisotopic (exact) mass is 436 g/mol. The Kier molecular flexibility index (Phi) is 5.20. The topological polar surface area (TPSA) is 49.4 Å². The SMILES string of the molecule is CC(C)NC(=O)[C@@]1(Cc2ccc(-c3ccsc3)cc2)CCN(C(=O)[C@@H]2CC23CCC3)C1. The average Bonchev–Trinajstić information content (AvgIpc) is 3.05. The molecule has 2 aromatic rings. The Morgan fingerprint density at radius 3 is 2.48 bits per heavy atom. The second-order valence-electron chi connectivity index (χ2n) is 10.3. The van der Waals surface area contributed by atoms with Crippen molar-refractivity contribution in [2.24, 2.45) is 16.7 Å². The van der Waals surface area contributed by atoms with E-state index in [1.54, 1.807) is 11.3 Å². The van der Waals surface area contributed by atoms with Crippen molar-refractivity contribution in [1.29, 1.82) is 0 Å². The minimum Gasteiger partial charge on any atom is -0.353 e. The molecule has 2 saturated carbocycles. The second-order valence-corrected chi connectivity index (χ2v) is 11.1. The first-order chi connectivity index (χ1) is 14.9. The molecule has 164 valence electrons. The van der Waals surface area contributed by atoms with Crippen molar-refractivity contribution in [3.8, 4) is 11.1 Å². The van der Waals surface area contributed by atoms with E-state index in [1.807, 2.05) is 18.7 Å². The number of rotatable bonds is 6. The highest BCUT2D eigenvalue weighted by Gasteiger charge is 2.62. The first-order valence-corrected chi connectivity index (χ1v) is 12.6. The van der Waals surface area contributed by atoms with Gasteiger partial charge in [0.1, 0.15) is 0 Å². The zero-order valence-corrected chi connectivity index (χ0v) is 19.3. The molecule has 3 fully saturated rings. The van der Waals surface area contributed by atoms with Gasteiger partial charge in [0.15, 0.2) is 0 Å². The Morgan fingerprint density at radius 2 is 1.90 bits per heavy atom. The smallest absolute Gasteiger partial charge is 0.228 e. The van der Waals surface area contributed by atoms with Crippen molar-refractivity contribution < 1.29 is 9.59 Å². The van der Waals surface area contributed by atoms with Crippen LogP contribution in [0.1, 0.15) is 51.5 Å². The molecule has 0 bridgehead atoms. The van der Waals surface area contributed by atoms with Gasteiger partial charge in [0.25, 0.3) is 0 Å². The van der Waals surface area contributed by atoms with Crippen molar-refractivity contribution >= 4 is 23.2 Å². The lowest BCUT2D eigenvalue weighted by Crippen LogP contribution is -2.47. The summed E-state index contributed by atoms with van der Waals surface area (Å²) in [5, 5.41) is 7.39. The van der Waals surface area contributed by atoms with E-state index >= 15 is 0 Å². The fraction of sp³-hybridized carbons (Fsp3) is 0.538. The molecule has 1 spiro atoms. The summed E-state index contributed by atoms with van der Waals surface area (Å²) in [4.78, 5) is 28.5. The number of nitrogens with one attached hydrogen (secondary N) is 1. The predicted octanol–water partition coefficient (Wildman–Crippen LogP) is 4.89. The Hall–Kier alpha value is -2.14. The first kappa shape index (κ1) is 20.7. The van der Waals surface area contributed by atoms with Crippen LogP contribution in [0.2, 0.25) is 0 Å². The molecule has 2 aliphatic carbocycles. The second kappa shape index (κ2) is 7.77. The van der Waals surface area contributed by atoms with Crippen LogP contribution >= 0.6 is 11.3 Å². The third-order valence-electron chi connectivity index (χ3n) is 7.76. The van der Waals surface area contributed by atoms with Gasteiger partial charge in [-0.2, -0.15) is 11.3 Å². The number of hydrogen-bond acceptors (Lipinski definition) is 3. The van der Waals surface area contributed by atoms with Gasteiger partial charge in [0.05, 0.1) is 5.41 Å². The number of nitrogens with zero attached hydrogens (tertiary/aromatic N) is 1. The lowest BCUT2D eigenvalue weighted by molar-refractivity contribution is -0.135. The molecule has 1 aliphatic heterocycles. The lowest BCUT2D eigenvalue weighted by Gasteiger charge is -2.31. The Bertz CT molecular complexity index is 962. The highest BCUT2D eigenvalue weighted by atomic mass is 32.1. The maximum atomic E-state index is 13.3. The third kappa shape index (κ3) is 3.82. The number of carbonyl (C=O) groups excluding carboxylic acids is 2. The van der Waals surface area contributed by atoms with Gasteiger partial charge in [-0.3, -0.25) is 9.59 Å². The van der Waals surface area contributed by atoms with Crippen LogP contribution in [0.4, 0.5) is 0 Å². The number of benzene rings is 1. The fourth-order valence-corrected chi connectivity index (χ4v) is 6.29. The first-order valence-electron chi connectivity index (χ1n) is 11.6. The molecule has 1 saturated heterocycles. The van der Waals surface area contributed by atoms with Gasteiger partial charge >= 0.3 is 0 Å². The van der Waals surface area contributed by atoms with E-state index in [0.717, 1.165) is 18.4 Å². The predicted molar refractivity (Wildman–Crippen MR) is 125 cm³/mol. The van der Waals surface area contributed by atoms with Crippen LogP contribution in [0.15, 0.2) is 41.1 Å². The summed E-state index contributed by atoms with van der Waals surface area (Å²) in [5.41, 5.74) is 3.39. The number of hydrogen-bond donors (Lipinski definition) is 1. The van der Waals surface area contributed by atoms with Gasteiger partial charge in [0, 0.05) is 25.0 Å². The van der Waals surface area contributed by atoms with Crippen molar-refractivity contribution in [1.82, 2.24) is 10.2 Å². The number of thiophene rings is 1. The van der Waals surface area contributed by atoms with Gasteiger partial charge in [-0.05, 0) is 84.9 Å². The number of amides is 2. The van der Waals surface area contributed by atoms with Crippen LogP contribution in [0, 0.1) is 16.7 Å². The quantitative estimate of drug-likeness (QED) is 0.701. The molecule has 1 aromatic carbocycles. The Balaban J connectivity index is 1.33. The Morgan fingerprint density at radius 1 is 1.13 bits per heavy atom. The molecule has 2 heterocycles. The molecule has 4 nitrogen and oxygen atoms in total. The zero-order chi connectivity index (χ0) is 21.6. The molecule has 5 heteroatoms. The minimum atomic E-state index is -0.536. The zero-order valence-electron chi connectivity index (χ0n) is 18.5. The van der Waals surface area contributed by atoms with Crippen LogP contribution in [-0.4, -0.2) is 35.8 Å². The van der Waals surface area contributed by atoms with Crippen molar-refractivity contribution in [3.05, 3.63) is 46.7 Å². The molecule has 2 atom stereocenters. The van der Waals surface area contributed by atoms with E-state index in [9.17, 15) is 9.59 Å². The molecule has 1 N–H and O–H groups in total. The maximum absolute atomic E-state index is 13.3. The van der Waals surface area contributed by atoms with Crippen molar-refractivity contribution in [3.63, 3.8) is 0 Å². The average molecular weight is 437 g/mol. The highest BCUT2D eigenvalue weighted by Crippen LogP contribution is 2.66. The fourth-order valence-electron chi connectivity index (χ4n) is 5.62. The van der Waals surface area contributed by atoms with Crippen LogP contribution in [-0.2, 0) is 16.0 Å². The molecule has 0 unspecified atom stereocenters. The summed E-state index contributed by atoms with van der Waals surface area (Å²) in [5.74, 6) is 0.607. The van der Waals surface area contributed by atoms with Gasteiger partial charge in [-0.15, -0.1) is 0 Å². The highest BCUT2D eigenvalue weighted by molar-refractivity contribution is 7.08. The third-order valence-corrected chi connectivity index (χ3v) is 8.44. The number of carbonyl (C=O) groups is 2. The molecular weight excluding hydrogens is 404 g/mol. The molecule has 0 radical (unpaired) electrons. The van der Waals surface area contributed by atoms with Gasteiger partial charge < -0.3 is 10.2 Å². The van der Waals surface area contributed by atoms with Gasteiger partial charge in [-0.25, -0.2) is 0 Å². The Labute approximate surface area is 189 Å². The minimum absolute atomic E-state index is 0.0915. The summed E-state index contributed by atoms with van der Waals surface area (Å²) in [7, 11) is 0. The summed E-state index contributed by atoms with van der Waals surface area (Å²) >= 11 is 1.70. The standard InChI is InChI=1S/C26H32N2O2S/c1-18(2)27-24(30)26(14-19-4-6-20(7-5-19)21-8-13-31-16-21)11-12-28(17-26)23(29)22-15-25(22)9-3-10-25/h4-8,13,16,18,22H,3,9-12,14-15,17H2,1-2H3,(H,27,30)/t22-,26+/m0/s1. The molecule has 2 amide bonds. The van der Waals surface area contributed by atoms with Gasteiger partial charge in [-0.1, -0.05) is 30.7 Å². The molecule has 31 heavy (non-hydrogen) atoms. The van der Waals surface area contributed by atoms with Crippen LogP contribution in [0.25, 0.3) is 11.1 Å². The molecule has 3 aliphatic rings. The summed E-state index contributed by atoms with van der Waals surface area (Å²) in [6.45, 7) is 5.25. The summed E-state index contributed by atoms with van der Waals surface area (Å²) < 4.78 is 0. The van der Waals surface area contributed by atoms with Crippen molar-refractivity contribution in [2.75, 3.05) is 13.1 Å². The van der Waals surface area contributed by atoms with E-state index in [-0.39, 0.29) is 17.9 Å². The number of likely N-dealkylation sites (tertiary alicyclic amines) is 1. The van der Waals surface area contributed by atoms with Gasteiger partial charge in [0.2, 0.25) is 11.8 Å².